The first-order valence-electron chi connectivity index (χ1n) is 8.15. The fourth-order valence-electron chi connectivity index (χ4n) is 3.12. The monoisotopic (exact) mass is 309 g/mol. The van der Waals surface area contributed by atoms with Gasteiger partial charge in [0.1, 0.15) is 12.0 Å². The molecule has 1 N–H and O–H groups in total. The van der Waals surface area contributed by atoms with Crippen molar-refractivity contribution < 1.29 is 9.53 Å². The summed E-state index contributed by atoms with van der Waals surface area (Å²) in [6, 6.07) is 18.0. The van der Waals surface area contributed by atoms with E-state index in [2.05, 4.69) is 31.3 Å². The Morgan fingerprint density at radius 1 is 1.09 bits per heavy atom. The zero-order valence-corrected chi connectivity index (χ0v) is 13.7. The van der Waals surface area contributed by atoms with E-state index in [1.54, 1.807) is 0 Å². The first-order valence-corrected chi connectivity index (χ1v) is 8.15. The molecule has 0 atom stereocenters. The Balaban J connectivity index is 1.82. The van der Waals surface area contributed by atoms with Gasteiger partial charge in [-0.25, -0.2) is 0 Å². The average Bonchev–Trinajstić information content (AvgIpc) is 2.53. The van der Waals surface area contributed by atoms with Crippen LogP contribution < -0.4 is 5.32 Å². The summed E-state index contributed by atoms with van der Waals surface area (Å²) >= 11 is 0. The Kier molecular flexibility index (Phi) is 4.49. The number of ether oxygens (including phenoxy) is 1. The van der Waals surface area contributed by atoms with Gasteiger partial charge in [-0.1, -0.05) is 68.4 Å². The lowest BCUT2D eigenvalue weighted by Crippen LogP contribution is -2.62. The van der Waals surface area contributed by atoms with Gasteiger partial charge in [-0.3, -0.25) is 4.79 Å². The summed E-state index contributed by atoms with van der Waals surface area (Å²) in [5.41, 5.74) is 2.80. The second kappa shape index (κ2) is 6.55. The summed E-state index contributed by atoms with van der Waals surface area (Å²) in [6.45, 7) is 5.93. The van der Waals surface area contributed by atoms with Crippen molar-refractivity contribution in [1.82, 2.24) is 5.32 Å². The fourth-order valence-corrected chi connectivity index (χ4v) is 3.12. The number of rotatable bonds is 5. The molecule has 0 aromatic heterocycles. The van der Waals surface area contributed by atoms with Gasteiger partial charge < -0.3 is 10.1 Å². The fraction of sp³-hybridized carbons (Fsp3) is 0.350. The lowest BCUT2D eigenvalue weighted by Gasteiger charge is -2.42. The maximum Gasteiger partial charge on any atom is 0.319 e. The number of esters is 1. The molecule has 0 radical (unpaired) electrons. The van der Waals surface area contributed by atoms with Gasteiger partial charge >= 0.3 is 5.97 Å². The van der Waals surface area contributed by atoms with E-state index >= 15 is 0 Å². The molecule has 1 fully saturated rings. The Labute approximate surface area is 137 Å². The molecule has 2 aromatic carbocycles. The van der Waals surface area contributed by atoms with Crippen LogP contribution in [0, 0.1) is 0 Å². The maximum absolute atomic E-state index is 12.8. The highest BCUT2D eigenvalue weighted by molar-refractivity contribution is 5.86. The zero-order valence-electron chi connectivity index (χ0n) is 13.7. The van der Waals surface area contributed by atoms with Gasteiger partial charge in [0.2, 0.25) is 0 Å². The molecule has 0 bridgehead atoms. The highest BCUT2D eigenvalue weighted by Crippen LogP contribution is 2.35. The molecular weight excluding hydrogens is 286 g/mol. The molecule has 2 aromatic rings. The Bertz CT molecular complexity index is 675. The van der Waals surface area contributed by atoms with Gasteiger partial charge in [0.05, 0.1) is 0 Å². The van der Waals surface area contributed by atoms with Crippen molar-refractivity contribution in [3.63, 3.8) is 0 Å². The maximum atomic E-state index is 12.8. The molecule has 0 amide bonds. The third kappa shape index (κ3) is 3.02. The van der Waals surface area contributed by atoms with E-state index in [0.717, 1.165) is 11.1 Å². The highest BCUT2D eigenvalue weighted by atomic mass is 16.5. The number of benzene rings is 2. The van der Waals surface area contributed by atoms with E-state index in [-0.39, 0.29) is 5.97 Å². The van der Waals surface area contributed by atoms with Crippen molar-refractivity contribution in [3.05, 3.63) is 71.3 Å². The molecule has 3 nitrogen and oxygen atoms in total. The van der Waals surface area contributed by atoms with E-state index in [4.69, 9.17) is 4.74 Å². The molecule has 0 aliphatic carbocycles. The van der Waals surface area contributed by atoms with Crippen LogP contribution in [-0.4, -0.2) is 19.1 Å². The van der Waals surface area contributed by atoms with Crippen LogP contribution in [0.4, 0.5) is 0 Å². The van der Waals surface area contributed by atoms with Crippen LogP contribution in [0.1, 0.15) is 36.5 Å². The minimum absolute atomic E-state index is 0.131. The van der Waals surface area contributed by atoms with E-state index in [9.17, 15) is 4.79 Å². The SMILES string of the molecule is CC(C)c1ccccc1C1(C(=O)OCc2ccccc2)CNC1. The van der Waals surface area contributed by atoms with Crippen LogP contribution >= 0.6 is 0 Å². The van der Waals surface area contributed by atoms with Gasteiger partial charge in [-0.2, -0.15) is 0 Å². The number of carbonyl (C=O) groups is 1. The van der Waals surface area contributed by atoms with E-state index < -0.39 is 5.41 Å². The summed E-state index contributed by atoms with van der Waals surface area (Å²) in [6.07, 6.45) is 0. The van der Waals surface area contributed by atoms with Crippen LogP contribution in [0.5, 0.6) is 0 Å². The number of hydrogen-bond donors (Lipinski definition) is 1. The van der Waals surface area contributed by atoms with Crippen molar-refractivity contribution in [2.24, 2.45) is 0 Å². The second-order valence-electron chi connectivity index (χ2n) is 6.49. The molecule has 23 heavy (non-hydrogen) atoms. The minimum atomic E-state index is -0.546. The summed E-state index contributed by atoms with van der Waals surface area (Å²) in [5.74, 6) is 0.249. The molecule has 120 valence electrons. The van der Waals surface area contributed by atoms with Crippen molar-refractivity contribution in [3.8, 4) is 0 Å². The first kappa shape index (κ1) is 15.8. The van der Waals surface area contributed by atoms with E-state index in [1.807, 2.05) is 42.5 Å². The Hall–Kier alpha value is -2.13. The molecule has 1 aliphatic heterocycles. The van der Waals surface area contributed by atoms with Crippen molar-refractivity contribution in [2.45, 2.75) is 31.8 Å². The number of nitrogens with one attached hydrogen (secondary N) is 1. The summed E-state index contributed by atoms with van der Waals surface area (Å²) in [5, 5.41) is 3.24. The third-order valence-electron chi connectivity index (χ3n) is 4.56. The third-order valence-corrected chi connectivity index (χ3v) is 4.56. The van der Waals surface area contributed by atoms with E-state index in [0.29, 0.717) is 25.6 Å². The van der Waals surface area contributed by atoms with Crippen LogP contribution in [0.15, 0.2) is 54.6 Å². The largest absolute Gasteiger partial charge is 0.460 e. The van der Waals surface area contributed by atoms with Crippen molar-refractivity contribution in [2.75, 3.05) is 13.1 Å². The standard InChI is InChI=1S/C20H23NO2/c1-15(2)17-10-6-7-11-18(17)20(13-21-14-20)19(22)23-12-16-8-4-3-5-9-16/h3-11,15,21H,12-14H2,1-2H3. The second-order valence-corrected chi connectivity index (χ2v) is 6.49. The quantitative estimate of drug-likeness (QED) is 0.860. The molecule has 3 rings (SSSR count). The predicted molar refractivity (Wildman–Crippen MR) is 91.3 cm³/mol. The van der Waals surface area contributed by atoms with Crippen LogP contribution in [-0.2, 0) is 21.6 Å². The van der Waals surface area contributed by atoms with Crippen molar-refractivity contribution >= 4 is 5.97 Å². The average molecular weight is 309 g/mol. The highest BCUT2D eigenvalue weighted by Gasteiger charge is 2.48. The lowest BCUT2D eigenvalue weighted by atomic mass is 9.72. The van der Waals surface area contributed by atoms with Gasteiger partial charge in [0.15, 0.2) is 0 Å². The van der Waals surface area contributed by atoms with Crippen LogP contribution in [0.2, 0.25) is 0 Å². The minimum Gasteiger partial charge on any atom is -0.460 e. The van der Waals surface area contributed by atoms with Gasteiger partial charge in [-0.05, 0) is 22.6 Å². The van der Waals surface area contributed by atoms with E-state index in [1.165, 1.54) is 5.56 Å². The zero-order chi connectivity index (χ0) is 16.3. The van der Waals surface area contributed by atoms with Gasteiger partial charge in [0, 0.05) is 13.1 Å². The topological polar surface area (TPSA) is 38.3 Å². The number of hydrogen-bond acceptors (Lipinski definition) is 3. The molecular formula is C20H23NO2. The predicted octanol–water partition coefficient (Wildman–Crippen LogP) is 3.39. The summed E-state index contributed by atoms with van der Waals surface area (Å²) in [4.78, 5) is 12.8. The Morgan fingerprint density at radius 2 is 1.74 bits per heavy atom. The van der Waals surface area contributed by atoms with Crippen LogP contribution in [0.3, 0.4) is 0 Å². The van der Waals surface area contributed by atoms with Crippen molar-refractivity contribution in [1.29, 1.82) is 0 Å². The normalized spacial score (nSPS) is 16.0. The molecule has 3 heteroatoms. The Morgan fingerprint density at radius 3 is 2.35 bits per heavy atom. The summed E-state index contributed by atoms with van der Waals surface area (Å²) < 4.78 is 5.65. The van der Waals surface area contributed by atoms with Gasteiger partial charge in [0.25, 0.3) is 0 Å². The molecule has 1 heterocycles. The number of carbonyl (C=O) groups excluding carboxylic acids is 1. The van der Waals surface area contributed by atoms with Crippen LogP contribution in [0.25, 0.3) is 0 Å². The lowest BCUT2D eigenvalue weighted by molar-refractivity contribution is -0.154. The first-order chi connectivity index (χ1) is 11.1. The van der Waals surface area contributed by atoms with Gasteiger partial charge in [-0.15, -0.1) is 0 Å². The molecule has 0 spiro atoms. The smallest absolute Gasteiger partial charge is 0.319 e. The molecule has 0 saturated carbocycles. The molecule has 0 unspecified atom stereocenters. The molecule has 1 aliphatic rings. The summed E-state index contributed by atoms with van der Waals surface area (Å²) in [7, 11) is 0. The molecule has 1 saturated heterocycles.